The van der Waals surface area contributed by atoms with Crippen LogP contribution in [0.2, 0.25) is 0 Å². The van der Waals surface area contributed by atoms with Gasteiger partial charge >= 0.3 is 11.9 Å². The number of cyclic esters (lactones) is 1. The summed E-state index contributed by atoms with van der Waals surface area (Å²) in [6, 6.07) is 0. The first kappa shape index (κ1) is 10.1. The van der Waals surface area contributed by atoms with Crippen molar-refractivity contribution in [2.75, 3.05) is 5.75 Å². The Morgan fingerprint density at radius 3 is 3.00 bits per heavy atom. The molecule has 0 N–H and O–H groups in total. The number of rotatable bonds is 3. The number of esters is 2. The molecule has 0 aromatic rings. The fraction of sp³-hybridized carbons (Fsp3) is 0.500. The van der Waals surface area contributed by atoms with Gasteiger partial charge in [-0.1, -0.05) is 0 Å². The van der Waals surface area contributed by atoms with Gasteiger partial charge in [-0.05, 0) is 13.0 Å². The Morgan fingerprint density at radius 1 is 1.85 bits per heavy atom. The maximum atomic E-state index is 11.0. The number of carbonyl (C=O) groups is 2. The molecular formula is C8H10O4S. The van der Waals surface area contributed by atoms with Crippen molar-refractivity contribution < 1.29 is 19.1 Å². The van der Waals surface area contributed by atoms with Gasteiger partial charge in [0.05, 0.1) is 12.0 Å². The Morgan fingerprint density at radius 2 is 2.54 bits per heavy atom. The molecule has 0 fully saturated rings. The summed E-state index contributed by atoms with van der Waals surface area (Å²) in [4.78, 5) is 21.8. The quantitative estimate of drug-likeness (QED) is 0.536. The smallest absolute Gasteiger partial charge is 0.321 e. The zero-order valence-electron chi connectivity index (χ0n) is 7.10. The van der Waals surface area contributed by atoms with Crippen LogP contribution in [0.5, 0.6) is 0 Å². The van der Waals surface area contributed by atoms with Gasteiger partial charge in [-0.15, -0.1) is 0 Å². The van der Waals surface area contributed by atoms with Gasteiger partial charge in [0.15, 0.2) is 0 Å². The Hall–Kier alpha value is -0.970. The molecular weight excluding hydrogens is 192 g/mol. The number of hydrogen-bond acceptors (Lipinski definition) is 5. The monoisotopic (exact) mass is 202 g/mol. The van der Waals surface area contributed by atoms with E-state index in [1.807, 2.05) is 0 Å². The molecule has 5 heteroatoms. The highest BCUT2D eigenvalue weighted by Crippen LogP contribution is 2.17. The van der Waals surface area contributed by atoms with E-state index in [4.69, 9.17) is 4.74 Å². The molecule has 0 bridgehead atoms. The van der Waals surface area contributed by atoms with Gasteiger partial charge in [0, 0.05) is 0 Å². The number of carbonyl (C=O) groups excluding carboxylic acids is 2. The largest absolute Gasteiger partial charge is 0.461 e. The molecule has 4 nitrogen and oxygen atoms in total. The van der Waals surface area contributed by atoms with Gasteiger partial charge < -0.3 is 9.47 Å². The van der Waals surface area contributed by atoms with Crippen LogP contribution in [0.25, 0.3) is 0 Å². The molecule has 0 saturated heterocycles. The Kier molecular flexibility index (Phi) is 3.36. The van der Waals surface area contributed by atoms with E-state index >= 15 is 0 Å². The van der Waals surface area contributed by atoms with Gasteiger partial charge in [-0.2, -0.15) is 12.6 Å². The van der Waals surface area contributed by atoms with Crippen LogP contribution < -0.4 is 0 Å². The van der Waals surface area contributed by atoms with E-state index in [1.165, 1.54) is 6.26 Å². The summed E-state index contributed by atoms with van der Waals surface area (Å²) in [7, 11) is 0. The third-order valence-corrected chi connectivity index (χ3v) is 1.95. The Balaban J connectivity index is 2.47. The minimum Gasteiger partial charge on any atom is -0.461 e. The SMILES string of the molecule is CC(OC(=O)CS)C1C=COC1=O. The molecule has 1 heterocycles. The van der Waals surface area contributed by atoms with E-state index in [0.29, 0.717) is 0 Å². The fourth-order valence-corrected chi connectivity index (χ4v) is 1.09. The lowest BCUT2D eigenvalue weighted by Crippen LogP contribution is -2.27. The van der Waals surface area contributed by atoms with Gasteiger partial charge in [-0.3, -0.25) is 9.59 Å². The highest BCUT2D eigenvalue weighted by molar-refractivity contribution is 7.81. The van der Waals surface area contributed by atoms with E-state index < -0.39 is 18.0 Å². The van der Waals surface area contributed by atoms with E-state index in [-0.39, 0.29) is 11.7 Å². The molecule has 1 rings (SSSR count). The lowest BCUT2D eigenvalue weighted by molar-refractivity contribution is -0.151. The fourth-order valence-electron chi connectivity index (χ4n) is 1.01. The summed E-state index contributed by atoms with van der Waals surface area (Å²) in [6.45, 7) is 1.64. The first-order chi connectivity index (χ1) is 6.15. The van der Waals surface area contributed by atoms with Crippen molar-refractivity contribution in [2.45, 2.75) is 13.0 Å². The van der Waals surface area contributed by atoms with Crippen molar-refractivity contribution in [1.82, 2.24) is 0 Å². The highest BCUT2D eigenvalue weighted by Gasteiger charge is 2.29. The highest BCUT2D eigenvalue weighted by atomic mass is 32.1. The molecule has 2 unspecified atom stereocenters. The van der Waals surface area contributed by atoms with Gasteiger partial charge in [0.25, 0.3) is 0 Å². The summed E-state index contributed by atoms with van der Waals surface area (Å²) < 4.78 is 9.46. The van der Waals surface area contributed by atoms with Crippen molar-refractivity contribution >= 4 is 24.6 Å². The third-order valence-electron chi connectivity index (χ3n) is 1.69. The molecule has 0 aromatic carbocycles. The molecule has 0 aliphatic carbocycles. The van der Waals surface area contributed by atoms with Crippen molar-refractivity contribution in [3.8, 4) is 0 Å². The molecule has 0 saturated carbocycles. The van der Waals surface area contributed by atoms with E-state index in [2.05, 4.69) is 17.4 Å². The zero-order chi connectivity index (χ0) is 9.84. The maximum absolute atomic E-state index is 11.0. The lowest BCUT2D eigenvalue weighted by Gasteiger charge is -2.15. The predicted molar refractivity (Wildman–Crippen MR) is 48.1 cm³/mol. The minimum atomic E-state index is -0.495. The lowest BCUT2D eigenvalue weighted by atomic mass is 10.1. The van der Waals surface area contributed by atoms with Crippen LogP contribution in [0.3, 0.4) is 0 Å². The van der Waals surface area contributed by atoms with Crippen LogP contribution in [-0.2, 0) is 19.1 Å². The van der Waals surface area contributed by atoms with Crippen molar-refractivity contribution in [1.29, 1.82) is 0 Å². The van der Waals surface area contributed by atoms with Crippen LogP contribution in [0.15, 0.2) is 12.3 Å². The average Bonchev–Trinajstić information content (AvgIpc) is 2.51. The third kappa shape index (κ3) is 2.48. The molecule has 0 radical (unpaired) electrons. The van der Waals surface area contributed by atoms with Gasteiger partial charge in [0.1, 0.15) is 12.0 Å². The molecule has 1 aliphatic heterocycles. The molecule has 13 heavy (non-hydrogen) atoms. The van der Waals surface area contributed by atoms with Crippen LogP contribution >= 0.6 is 12.6 Å². The van der Waals surface area contributed by atoms with Crippen LogP contribution in [0.4, 0.5) is 0 Å². The van der Waals surface area contributed by atoms with Crippen LogP contribution in [0.1, 0.15) is 6.92 Å². The second-order valence-corrected chi connectivity index (χ2v) is 2.96. The van der Waals surface area contributed by atoms with E-state index in [0.717, 1.165) is 0 Å². The topological polar surface area (TPSA) is 52.6 Å². The Labute approximate surface area is 81.3 Å². The summed E-state index contributed by atoms with van der Waals surface area (Å²) >= 11 is 3.75. The molecule has 72 valence electrons. The van der Waals surface area contributed by atoms with Crippen molar-refractivity contribution in [2.24, 2.45) is 5.92 Å². The van der Waals surface area contributed by atoms with Crippen molar-refractivity contribution in [3.63, 3.8) is 0 Å². The summed E-state index contributed by atoms with van der Waals surface area (Å²) in [5, 5.41) is 0. The summed E-state index contributed by atoms with van der Waals surface area (Å²) in [5.74, 6) is -1.30. The zero-order valence-corrected chi connectivity index (χ0v) is 7.99. The normalized spacial score (nSPS) is 22.6. The average molecular weight is 202 g/mol. The minimum absolute atomic E-state index is 0.00974. The van der Waals surface area contributed by atoms with Crippen LogP contribution in [-0.4, -0.2) is 23.8 Å². The molecule has 0 aromatic heterocycles. The number of hydrogen-bond donors (Lipinski definition) is 1. The summed E-state index contributed by atoms with van der Waals surface area (Å²) in [5.41, 5.74) is 0. The molecule has 0 spiro atoms. The van der Waals surface area contributed by atoms with E-state index in [9.17, 15) is 9.59 Å². The maximum Gasteiger partial charge on any atom is 0.321 e. The van der Waals surface area contributed by atoms with Crippen molar-refractivity contribution in [3.05, 3.63) is 12.3 Å². The molecule has 2 atom stereocenters. The second kappa shape index (κ2) is 4.32. The number of ether oxygens (including phenoxy) is 2. The Bertz CT molecular complexity index is 249. The van der Waals surface area contributed by atoms with E-state index in [1.54, 1.807) is 13.0 Å². The molecule has 0 amide bonds. The summed E-state index contributed by atoms with van der Waals surface area (Å²) in [6.07, 6.45) is 2.38. The van der Waals surface area contributed by atoms with Gasteiger partial charge in [-0.25, -0.2) is 0 Å². The second-order valence-electron chi connectivity index (χ2n) is 2.64. The van der Waals surface area contributed by atoms with Gasteiger partial charge in [0.2, 0.25) is 0 Å². The number of thiol groups is 1. The molecule has 1 aliphatic rings. The van der Waals surface area contributed by atoms with Crippen LogP contribution in [0, 0.1) is 5.92 Å². The predicted octanol–water partition coefficient (Wildman–Crippen LogP) is 0.535. The first-order valence-corrected chi connectivity index (χ1v) is 4.46. The standard InChI is InChI=1S/C8H10O4S/c1-5(12-7(9)4-13)6-2-3-11-8(6)10/h2-3,5-6,13H,4H2,1H3. The first-order valence-electron chi connectivity index (χ1n) is 3.82.